The Balaban J connectivity index is 1.62. The molecule has 0 saturated heterocycles. The molecule has 0 amide bonds. The summed E-state index contributed by atoms with van der Waals surface area (Å²) in [6.07, 6.45) is 3.37. The Kier molecular flexibility index (Phi) is 3.57. The standard InChI is InChI=1S/C18H15N3O3/c22-17-14-7-6-12(10-15(14)20-16-5-3-9-21(16)17)18(23)24-11-13-4-1-2-8-19-13/h1-2,4,6-8,10H,3,5,9,11H2. The van der Waals surface area contributed by atoms with E-state index in [4.69, 9.17) is 4.74 Å². The third kappa shape index (κ3) is 2.56. The summed E-state index contributed by atoms with van der Waals surface area (Å²) >= 11 is 0. The second-order valence-corrected chi connectivity index (χ2v) is 5.72. The number of esters is 1. The van der Waals surface area contributed by atoms with Crippen LogP contribution >= 0.6 is 0 Å². The van der Waals surface area contributed by atoms with Crippen LogP contribution in [0.5, 0.6) is 0 Å². The fourth-order valence-corrected chi connectivity index (χ4v) is 2.92. The summed E-state index contributed by atoms with van der Waals surface area (Å²) in [5.41, 5.74) is 1.57. The van der Waals surface area contributed by atoms with Crippen molar-refractivity contribution in [3.8, 4) is 0 Å². The first kappa shape index (κ1) is 14.6. The second kappa shape index (κ2) is 5.88. The number of hydrogen-bond donors (Lipinski definition) is 0. The van der Waals surface area contributed by atoms with Gasteiger partial charge in [0.15, 0.2) is 0 Å². The monoisotopic (exact) mass is 321 g/mol. The van der Waals surface area contributed by atoms with E-state index in [1.807, 2.05) is 6.07 Å². The number of nitrogens with zero attached hydrogens (tertiary/aromatic N) is 3. The molecule has 1 aliphatic heterocycles. The van der Waals surface area contributed by atoms with E-state index in [1.165, 1.54) is 0 Å². The summed E-state index contributed by atoms with van der Waals surface area (Å²) in [5.74, 6) is 0.330. The maximum absolute atomic E-state index is 12.4. The molecule has 24 heavy (non-hydrogen) atoms. The second-order valence-electron chi connectivity index (χ2n) is 5.72. The third-order valence-electron chi connectivity index (χ3n) is 4.13. The molecule has 4 rings (SSSR count). The highest BCUT2D eigenvalue weighted by molar-refractivity contribution is 5.94. The Bertz CT molecular complexity index is 980. The molecule has 1 aromatic carbocycles. The molecule has 3 heterocycles. The van der Waals surface area contributed by atoms with E-state index in [9.17, 15) is 9.59 Å². The van der Waals surface area contributed by atoms with Gasteiger partial charge in [0.25, 0.3) is 5.56 Å². The van der Waals surface area contributed by atoms with Crippen molar-refractivity contribution in [2.45, 2.75) is 26.0 Å². The highest BCUT2D eigenvalue weighted by Crippen LogP contribution is 2.17. The first-order valence-electron chi connectivity index (χ1n) is 7.83. The maximum Gasteiger partial charge on any atom is 0.338 e. The molecular formula is C18H15N3O3. The quantitative estimate of drug-likeness (QED) is 0.691. The van der Waals surface area contributed by atoms with Crippen LogP contribution in [0.3, 0.4) is 0 Å². The largest absolute Gasteiger partial charge is 0.456 e. The fourth-order valence-electron chi connectivity index (χ4n) is 2.92. The smallest absolute Gasteiger partial charge is 0.338 e. The summed E-state index contributed by atoms with van der Waals surface area (Å²) < 4.78 is 6.98. The zero-order chi connectivity index (χ0) is 16.5. The summed E-state index contributed by atoms with van der Waals surface area (Å²) in [7, 11) is 0. The number of rotatable bonds is 3. The molecular weight excluding hydrogens is 306 g/mol. The topological polar surface area (TPSA) is 74.1 Å². The number of pyridine rings is 1. The predicted octanol–water partition coefficient (Wildman–Crippen LogP) is 2.09. The van der Waals surface area contributed by atoms with Gasteiger partial charge in [0.2, 0.25) is 0 Å². The normalized spacial score (nSPS) is 13.0. The number of carbonyl (C=O) groups excluding carboxylic acids is 1. The molecule has 0 spiro atoms. The van der Waals surface area contributed by atoms with Crippen molar-refractivity contribution in [2.24, 2.45) is 0 Å². The van der Waals surface area contributed by atoms with E-state index in [-0.39, 0.29) is 12.2 Å². The van der Waals surface area contributed by atoms with E-state index in [0.29, 0.717) is 28.7 Å². The van der Waals surface area contributed by atoms with E-state index in [2.05, 4.69) is 9.97 Å². The van der Waals surface area contributed by atoms with Crippen molar-refractivity contribution in [1.82, 2.24) is 14.5 Å². The third-order valence-corrected chi connectivity index (χ3v) is 4.13. The summed E-state index contributed by atoms with van der Waals surface area (Å²) in [5, 5.41) is 0.530. The molecule has 6 heteroatoms. The van der Waals surface area contributed by atoms with Crippen molar-refractivity contribution >= 4 is 16.9 Å². The molecule has 0 saturated carbocycles. The van der Waals surface area contributed by atoms with Crippen LogP contribution in [0.2, 0.25) is 0 Å². The first-order valence-corrected chi connectivity index (χ1v) is 7.83. The number of aromatic nitrogens is 3. The summed E-state index contributed by atoms with van der Waals surface area (Å²) in [6, 6.07) is 10.3. The van der Waals surface area contributed by atoms with Gasteiger partial charge >= 0.3 is 5.97 Å². The Morgan fingerprint density at radius 3 is 3.00 bits per heavy atom. The zero-order valence-electron chi connectivity index (χ0n) is 12.9. The average molecular weight is 321 g/mol. The Morgan fingerprint density at radius 2 is 2.17 bits per heavy atom. The molecule has 6 nitrogen and oxygen atoms in total. The van der Waals surface area contributed by atoms with Gasteiger partial charge in [0.05, 0.1) is 22.2 Å². The Morgan fingerprint density at radius 1 is 1.25 bits per heavy atom. The van der Waals surface area contributed by atoms with Crippen LogP contribution in [0.25, 0.3) is 10.9 Å². The van der Waals surface area contributed by atoms with Crippen LogP contribution < -0.4 is 5.56 Å². The lowest BCUT2D eigenvalue weighted by Gasteiger charge is -2.07. The Hall–Kier alpha value is -3.02. The van der Waals surface area contributed by atoms with Gasteiger partial charge in [-0.2, -0.15) is 0 Å². The number of carbonyl (C=O) groups is 1. The molecule has 3 aromatic rings. The van der Waals surface area contributed by atoms with Gasteiger partial charge in [0.1, 0.15) is 12.4 Å². The highest BCUT2D eigenvalue weighted by Gasteiger charge is 2.17. The van der Waals surface area contributed by atoms with Crippen LogP contribution in [0, 0.1) is 0 Å². The van der Waals surface area contributed by atoms with Crippen LogP contribution in [0.15, 0.2) is 47.4 Å². The molecule has 0 atom stereocenters. The van der Waals surface area contributed by atoms with E-state index in [0.717, 1.165) is 18.7 Å². The minimum absolute atomic E-state index is 0.0408. The predicted molar refractivity (Wildman–Crippen MR) is 87.7 cm³/mol. The lowest BCUT2D eigenvalue weighted by molar-refractivity contribution is 0.0468. The number of ether oxygens (including phenoxy) is 1. The van der Waals surface area contributed by atoms with Gasteiger partial charge in [-0.3, -0.25) is 14.3 Å². The van der Waals surface area contributed by atoms with Crippen LogP contribution in [-0.2, 0) is 24.3 Å². The number of benzene rings is 1. The minimum Gasteiger partial charge on any atom is -0.456 e. The lowest BCUT2D eigenvalue weighted by Crippen LogP contribution is -2.21. The zero-order valence-corrected chi connectivity index (χ0v) is 12.9. The summed E-state index contributed by atoms with van der Waals surface area (Å²) in [6.45, 7) is 0.822. The maximum atomic E-state index is 12.4. The molecule has 0 N–H and O–H groups in total. The van der Waals surface area contributed by atoms with Crippen molar-refractivity contribution in [2.75, 3.05) is 0 Å². The average Bonchev–Trinajstić information content (AvgIpc) is 3.09. The molecule has 0 radical (unpaired) electrons. The van der Waals surface area contributed by atoms with Gasteiger partial charge in [-0.15, -0.1) is 0 Å². The van der Waals surface area contributed by atoms with Gasteiger partial charge in [0, 0.05) is 19.2 Å². The first-order chi connectivity index (χ1) is 11.7. The molecule has 0 unspecified atom stereocenters. The highest BCUT2D eigenvalue weighted by atomic mass is 16.5. The van der Waals surface area contributed by atoms with Gasteiger partial charge in [-0.05, 0) is 36.8 Å². The minimum atomic E-state index is -0.454. The summed E-state index contributed by atoms with van der Waals surface area (Å²) in [4.78, 5) is 33.3. The molecule has 1 aliphatic rings. The fraction of sp³-hybridized carbons (Fsp3) is 0.222. The van der Waals surface area contributed by atoms with E-state index < -0.39 is 5.97 Å². The molecule has 0 fully saturated rings. The van der Waals surface area contributed by atoms with Gasteiger partial charge < -0.3 is 4.74 Å². The molecule has 120 valence electrons. The van der Waals surface area contributed by atoms with Gasteiger partial charge in [-0.1, -0.05) is 6.07 Å². The van der Waals surface area contributed by atoms with Crippen LogP contribution in [-0.4, -0.2) is 20.5 Å². The van der Waals surface area contributed by atoms with E-state index in [1.54, 1.807) is 41.1 Å². The Labute approximate surface area is 137 Å². The number of fused-ring (bicyclic) bond motifs is 2. The van der Waals surface area contributed by atoms with Crippen molar-refractivity contribution in [3.05, 3.63) is 70.0 Å². The van der Waals surface area contributed by atoms with Crippen LogP contribution in [0.4, 0.5) is 0 Å². The molecule has 0 bridgehead atoms. The van der Waals surface area contributed by atoms with Crippen molar-refractivity contribution in [3.63, 3.8) is 0 Å². The SMILES string of the molecule is O=C(OCc1ccccn1)c1ccc2c(=O)n3c(nc2c1)CCC3. The van der Waals surface area contributed by atoms with Gasteiger partial charge in [-0.25, -0.2) is 9.78 Å². The van der Waals surface area contributed by atoms with Crippen LogP contribution in [0.1, 0.15) is 28.3 Å². The number of hydrogen-bond acceptors (Lipinski definition) is 5. The molecule has 2 aromatic heterocycles. The number of aryl methyl sites for hydroxylation is 1. The van der Waals surface area contributed by atoms with Crippen molar-refractivity contribution in [1.29, 1.82) is 0 Å². The van der Waals surface area contributed by atoms with Crippen molar-refractivity contribution < 1.29 is 9.53 Å². The van der Waals surface area contributed by atoms with E-state index >= 15 is 0 Å². The lowest BCUT2D eigenvalue weighted by atomic mass is 10.1. The molecule has 0 aliphatic carbocycles.